The molecule has 0 saturated heterocycles. The lowest BCUT2D eigenvalue weighted by Crippen LogP contribution is -2.16. The molecule has 0 atom stereocenters. The fourth-order valence-electron chi connectivity index (χ4n) is 6.32. The third-order valence-corrected chi connectivity index (χ3v) is 8.95. The number of hydrogen-bond acceptors (Lipinski definition) is 2. The van der Waals surface area contributed by atoms with E-state index in [-0.39, 0.29) is 0 Å². The first-order valence-corrected chi connectivity index (χ1v) is 16.8. The van der Waals surface area contributed by atoms with Crippen molar-refractivity contribution in [2.45, 2.75) is 20.3 Å². The molecule has 2 heteroatoms. The number of allylic oxidation sites excluding steroid dienone is 8. The van der Waals surface area contributed by atoms with E-state index >= 15 is 0 Å². The molecule has 1 aliphatic carbocycles. The monoisotopic (exact) mass is 632 g/mol. The second-order valence-electron chi connectivity index (χ2n) is 12.5. The van der Waals surface area contributed by atoms with Gasteiger partial charge in [0, 0.05) is 40.3 Å². The topological polar surface area (TPSA) is 6.48 Å². The van der Waals surface area contributed by atoms with Crippen LogP contribution in [0.5, 0.6) is 0 Å². The molecule has 0 radical (unpaired) electrons. The molecule has 2 nitrogen and oxygen atoms in total. The van der Waals surface area contributed by atoms with Gasteiger partial charge in [-0.2, -0.15) is 0 Å². The average Bonchev–Trinajstić information content (AvgIpc) is 3.14. The first-order chi connectivity index (χ1) is 24.0. The van der Waals surface area contributed by atoms with Crippen LogP contribution in [0.4, 0.5) is 28.4 Å². The Bertz CT molecular complexity index is 2190. The number of hydrogen-bond donors (Lipinski definition) is 0. The number of aryl methyl sites for hydroxylation is 2. The average molecular weight is 633 g/mol. The van der Waals surface area contributed by atoms with E-state index < -0.39 is 0 Å². The summed E-state index contributed by atoms with van der Waals surface area (Å²) in [7, 11) is 0. The van der Waals surface area contributed by atoms with Gasteiger partial charge in [0.15, 0.2) is 0 Å². The molecule has 6 aromatic carbocycles. The van der Waals surface area contributed by atoms with E-state index in [9.17, 15) is 0 Å². The van der Waals surface area contributed by atoms with E-state index in [4.69, 9.17) is 0 Å². The zero-order valence-electron chi connectivity index (χ0n) is 28.1. The van der Waals surface area contributed by atoms with Crippen molar-refractivity contribution in [1.82, 2.24) is 0 Å². The fourth-order valence-corrected chi connectivity index (χ4v) is 6.32. The third kappa shape index (κ3) is 7.10. The summed E-state index contributed by atoms with van der Waals surface area (Å²) in [5.41, 5.74) is 12.6. The van der Waals surface area contributed by atoms with E-state index in [1.165, 1.54) is 38.7 Å². The van der Waals surface area contributed by atoms with Crippen LogP contribution in [0.3, 0.4) is 0 Å². The van der Waals surface area contributed by atoms with Crippen molar-refractivity contribution >= 4 is 39.2 Å². The lowest BCUT2D eigenvalue weighted by Gasteiger charge is -2.28. The Labute approximate surface area is 290 Å². The van der Waals surface area contributed by atoms with Crippen molar-refractivity contribution in [3.05, 3.63) is 211 Å². The van der Waals surface area contributed by atoms with E-state index in [1.807, 2.05) is 12.2 Å². The van der Waals surface area contributed by atoms with E-state index in [1.54, 1.807) is 0 Å². The van der Waals surface area contributed by atoms with Gasteiger partial charge < -0.3 is 9.80 Å². The summed E-state index contributed by atoms with van der Waals surface area (Å²) in [6.07, 6.45) is 15.5. The van der Waals surface area contributed by atoms with E-state index in [0.29, 0.717) is 0 Å². The highest BCUT2D eigenvalue weighted by molar-refractivity contribution is 5.99. The first-order valence-electron chi connectivity index (χ1n) is 16.8. The Morgan fingerprint density at radius 3 is 1.61 bits per heavy atom. The van der Waals surface area contributed by atoms with Crippen molar-refractivity contribution in [1.29, 1.82) is 0 Å². The second-order valence-corrected chi connectivity index (χ2v) is 12.5. The maximum atomic E-state index is 4.13. The Kier molecular flexibility index (Phi) is 9.21. The summed E-state index contributed by atoms with van der Waals surface area (Å²) in [4.78, 5) is 4.70. The van der Waals surface area contributed by atoms with Crippen molar-refractivity contribution < 1.29 is 0 Å². The lowest BCUT2D eigenvalue weighted by atomic mass is 10.0. The predicted molar refractivity (Wildman–Crippen MR) is 211 cm³/mol. The summed E-state index contributed by atoms with van der Waals surface area (Å²) >= 11 is 0. The highest BCUT2D eigenvalue weighted by atomic mass is 15.2. The van der Waals surface area contributed by atoms with Crippen LogP contribution in [0.2, 0.25) is 0 Å². The van der Waals surface area contributed by atoms with Gasteiger partial charge in [0.25, 0.3) is 0 Å². The SMILES string of the molecule is C=C1C=C/C=C(/N(c2ccc(C)cc2)c2ccc(-c3ccc(N(c4ccc(C)cc4)c4cccc5ccccc45)cc3)cc2)C/C=C\C=C/1. The molecule has 0 bridgehead atoms. The van der Waals surface area contributed by atoms with Crippen LogP contribution in [0.1, 0.15) is 17.5 Å². The van der Waals surface area contributed by atoms with Gasteiger partial charge >= 0.3 is 0 Å². The van der Waals surface area contributed by atoms with Crippen molar-refractivity contribution in [2.75, 3.05) is 9.80 Å². The molecule has 49 heavy (non-hydrogen) atoms. The summed E-state index contributed by atoms with van der Waals surface area (Å²) in [5, 5.41) is 2.45. The molecule has 0 saturated carbocycles. The molecule has 0 aliphatic heterocycles. The Balaban J connectivity index is 1.23. The van der Waals surface area contributed by atoms with Crippen LogP contribution < -0.4 is 9.80 Å². The van der Waals surface area contributed by atoms with Crippen LogP contribution >= 0.6 is 0 Å². The first kappa shape index (κ1) is 31.5. The van der Waals surface area contributed by atoms with E-state index in [2.05, 4.69) is 200 Å². The molecule has 0 unspecified atom stereocenters. The van der Waals surface area contributed by atoms with Crippen LogP contribution in [-0.4, -0.2) is 0 Å². The van der Waals surface area contributed by atoms with Crippen LogP contribution in [0.15, 0.2) is 200 Å². The third-order valence-electron chi connectivity index (χ3n) is 8.95. The molecule has 0 aromatic heterocycles. The molecule has 6 aromatic rings. The zero-order valence-corrected chi connectivity index (χ0v) is 28.1. The molecule has 238 valence electrons. The number of anilines is 5. The number of rotatable bonds is 7. The van der Waals surface area contributed by atoms with Gasteiger partial charge in [-0.3, -0.25) is 0 Å². The molecule has 0 heterocycles. The van der Waals surface area contributed by atoms with Crippen molar-refractivity contribution in [2.24, 2.45) is 0 Å². The Morgan fingerprint density at radius 2 is 1.00 bits per heavy atom. The highest BCUT2D eigenvalue weighted by Gasteiger charge is 2.17. The quantitative estimate of drug-likeness (QED) is 0.173. The normalized spacial score (nSPS) is 15.3. The molecule has 0 N–H and O–H groups in total. The van der Waals surface area contributed by atoms with Crippen molar-refractivity contribution in [3.63, 3.8) is 0 Å². The largest absolute Gasteiger partial charge is 0.314 e. The standard InChI is InChI=1S/C47H40N2/c1-35-11-5-4-6-15-41(16-9-12-35)48(42-27-19-36(2)20-28-42)43-31-23-38(24-32-43)39-25-33-45(34-26-39)49(44-29-21-37(3)22-30-44)47-18-10-14-40-13-7-8-17-46(40)47/h4-14,16-34H,1,15H2,2-3H3/b6-4-,11-5-,12-9?,41-16+. The highest BCUT2D eigenvalue weighted by Crippen LogP contribution is 2.40. The second kappa shape index (κ2) is 14.3. The lowest BCUT2D eigenvalue weighted by molar-refractivity contribution is 1.08. The maximum Gasteiger partial charge on any atom is 0.0540 e. The van der Waals surface area contributed by atoms with Gasteiger partial charge in [0.2, 0.25) is 0 Å². The number of nitrogens with zero attached hydrogens (tertiary/aromatic N) is 2. The minimum Gasteiger partial charge on any atom is -0.314 e. The van der Waals surface area contributed by atoms with Gasteiger partial charge in [-0.25, -0.2) is 0 Å². The van der Waals surface area contributed by atoms with Crippen LogP contribution in [0.25, 0.3) is 21.9 Å². The van der Waals surface area contributed by atoms with Crippen molar-refractivity contribution in [3.8, 4) is 11.1 Å². The summed E-state index contributed by atoms with van der Waals surface area (Å²) in [6.45, 7) is 8.39. The Hall–Kier alpha value is -6.12. The van der Waals surface area contributed by atoms with Gasteiger partial charge in [-0.15, -0.1) is 0 Å². The molecule has 0 fully saturated rings. The maximum absolute atomic E-state index is 4.13. The molecular formula is C47H40N2. The molecule has 1 aliphatic rings. The van der Waals surface area contributed by atoms with Gasteiger partial charge in [-0.05, 0) is 96.6 Å². The molecule has 7 rings (SSSR count). The smallest absolute Gasteiger partial charge is 0.0540 e. The van der Waals surface area contributed by atoms with Gasteiger partial charge in [-0.1, -0.05) is 139 Å². The summed E-state index contributed by atoms with van der Waals surface area (Å²) in [5.74, 6) is 0. The van der Waals surface area contributed by atoms with Gasteiger partial charge in [0.1, 0.15) is 0 Å². The summed E-state index contributed by atoms with van der Waals surface area (Å²) < 4.78 is 0. The predicted octanol–water partition coefficient (Wildman–Crippen LogP) is 13.2. The summed E-state index contributed by atoms with van der Waals surface area (Å²) in [6, 6.07) is 50.5. The Morgan fingerprint density at radius 1 is 0.490 bits per heavy atom. The van der Waals surface area contributed by atoms with E-state index in [0.717, 1.165) is 40.4 Å². The zero-order chi connectivity index (χ0) is 33.6. The molecule has 0 amide bonds. The van der Waals surface area contributed by atoms with Gasteiger partial charge in [0.05, 0.1) is 5.69 Å². The fraction of sp³-hybridized carbons (Fsp3) is 0.0638. The molecule has 0 spiro atoms. The van der Waals surface area contributed by atoms with Crippen LogP contribution in [-0.2, 0) is 0 Å². The minimum absolute atomic E-state index is 0.798. The molecular weight excluding hydrogens is 593 g/mol. The van der Waals surface area contributed by atoms with Crippen LogP contribution in [0, 0.1) is 13.8 Å². The number of benzene rings is 6. The number of fused-ring (bicyclic) bond motifs is 1. The minimum atomic E-state index is 0.798.